The standard InChI is InChI=1S/C15H22FNO2/c1-11-3-4-12(2)17(11)9-14(18)10-19-15-7-5-13(16)6-8-15/h5-8,11-12,14,18H,3-4,9-10H2,1-2H3. The molecule has 0 radical (unpaired) electrons. The zero-order valence-corrected chi connectivity index (χ0v) is 11.6. The van der Waals surface area contributed by atoms with Crippen molar-refractivity contribution in [1.29, 1.82) is 0 Å². The number of benzene rings is 1. The Morgan fingerprint density at radius 3 is 2.42 bits per heavy atom. The Bertz CT molecular complexity index is 386. The van der Waals surface area contributed by atoms with E-state index in [4.69, 9.17) is 4.74 Å². The van der Waals surface area contributed by atoms with Gasteiger partial charge in [-0.2, -0.15) is 0 Å². The van der Waals surface area contributed by atoms with Crippen LogP contribution in [0.2, 0.25) is 0 Å². The van der Waals surface area contributed by atoms with E-state index in [9.17, 15) is 9.50 Å². The van der Waals surface area contributed by atoms with Gasteiger partial charge in [-0.25, -0.2) is 4.39 Å². The Kier molecular flexibility index (Phi) is 4.77. The van der Waals surface area contributed by atoms with E-state index in [-0.39, 0.29) is 12.4 Å². The first-order valence-electron chi connectivity index (χ1n) is 6.88. The molecule has 3 nitrogen and oxygen atoms in total. The summed E-state index contributed by atoms with van der Waals surface area (Å²) in [4.78, 5) is 2.32. The van der Waals surface area contributed by atoms with Gasteiger partial charge in [-0.05, 0) is 51.0 Å². The number of aliphatic hydroxyl groups is 1. The van der Waals surface area contributed by atoms with Crippen LogP contribution in [0.5, 0.6) is 5.75 Å². The second kappa shape index (κ2) is 6.35. The summed E-state index contributed by atoms with van der Waals surface area (Å²) in [5, 5.41) is 10.0. The molecule has 0 spiro atoms. The van der Waals surface area contributed by atoms with Crippen LogP contribution >= 0.6 is 0 Å². The minimum absolute atomic E-state index is 0.238. The molecule has 106 valence electrons. The molecule has 3 unspecified atom stereocenters. The van der Waals surface area contributed by atoms with Gasteiger partial charge in [0.15, 0.2) is 0 Å². The molecule has 1 heterocycles. The molecule has 1 aromatic rings. The van der Waals surface area contributed by atoms with E-state index >= 15 is 0 Å². The molecule has 0 aromatic heterocycles. The average molecular weight is 267 g/mol. The predicted octanol–water partition coefficient (Wildman–Crippen LogP) is 2.44. The van der Waals surface area contributed by atoms with Gasteiger partial charge in [0.1, 0.15) is 24.3 Å². The van der Waals surface area contributed by atoms with Crippen molar-refractivity contribution in [3.05, 3.63) is 30.1 Å². The van der Waals surface area contributed by atoms with E-state index in [2.05, 4.69) is 18.7 Å². The minimum atomic E-state index is -0.520. The number of rotatable bonds is 5. The number of ether oxygens (including phenoxy) is 1. The Morgan fingerprint density at radius 1 is 1.26 bits per heavy atom. The zero-order chi connectivity index (χ0) is 13.8. The first-order valence-corrected chi connectivity index (χ1v) is 6.88. The lowest BCUT2D eigenvalue weighted by atomic mass is 10.2. The maximum Gasteiger partial charge on any atom is 0.123 e. The zero-order valence-electron chi connectivity index (χ0n) is 11.6. The molecule has 0 bridgehead atoms. The Morgan fingerprint density at radius 2 is 1.84 bits per heavy atom. The summed E-state index contributed by atoms with van der Waals surface area (Å²) in [5.41, 5.74) is 0. The molecule has 1 N–H and O–H groups in total. The second-order valence-corrected chi connectivity index (χ2v) is 5.39. The summed E-state index contributed by atoms with van der Waals surface area (Å²) >= 11 is 0. The fourth-order valence-electron chi connectivity index (χ4n) is 2.63. The lowest BCUT2D eigenvalue weighted by Gasteiger charge is -2.28. The quantitative estimate of drug-likeness (QED) is 0.889. The third-order valence-electron chi connectivity index (χ3n) is 3.81. The summed E-state index contributed by atoms with van der Waals surface area (Å²) in [6.07, 6.45) is 1.85. The number of likely N-dealkylation sites (tertiary alicyclic amines) is 1. The fraction of sp³-hybridized carbons (Fsp3) is 0.600. The molecule has 1 saturated heterocycles. The van der Waals surface area contributed by atoms with Crippen molar-refractivity contribution >= 4 is 0 Å². The van der Waals surface area contributed by atoms with Gasteiger partial charge < -0.3 is 9.84 Å². The fourth-order valence-corrected chi connectivity index (χ4v) is 2.63. The average Bonchev–Trinajstić information content (AvgIpc) is 2.70. The van der Waals surface area contributed by atoms with Gasteiger partial charge in [0, 0.05) is 18.6 Å². The van der Waals surface area contributed by atoms with Crippen LogP contribution in [0.25, 0.3) is 0 Å². The second-order valence-electron chi connectivity index (χ2n) is 5.39. The Labute approximate surface area is 114 Å². The number of hydrogen-bond acceptors (Lipinski definition) is 3. The molecule has 0 amide bonds. The summed E-state index contributed by atoms with van der Waals surface area (Å²) in [6.45, 7) is 5.25. The summed E-state index contributed by atoms with van der Waals surface area (Å²) in [7, 11) is 0. The first kappa shape index (κ1) is 14.3. The van der Waals surface area contributed by atoms with Crippen LogP contribution in [-0.2, 0) is 0 Å². The molecular weight excluding hydrogens is 245 g/mol. The molecule has 19 heavy (non-hydrogen) atoms. The smallest absolute Gasteiger partial charge is 0.123 e. The van der Waals surface area contributed by atoms with Crippen LogP contribution in [0.1, 0.15) is 26.7 Å². The molecule has 0 saturated carbocycles. The SMILES string of the molecule is CC1CCC(C)N1CC(O)COc1ccc(F)cc1. The van der Waals surface area contributed by atoms with Gasteiger partial charge in [0.05, 0.1) is 0 Å². The van der Waals surface area contributed by atoms with Crippen LogP contribution in [0.15, 0.2) is 24.3 Å². The topological polar surface area (TPSA) is 32.7 Å². The van der Waals surface area contributed by atoms with Crippen LogP contribution in [-0.4, -0.2) is 41.3 Å². The lowest BCUT2D eigenvalue weighted by molar-refractivity contribution is 0.0546. The molecule has 4 heteroatoms. The molecule has 0 aliphatic carbocycles. The highest BCUT2D eigenvalue weighted by Gasteiger charge is 2.28. The van der Waals surface area contributed by atoms with Crippen LogP contribution < -0.4 is 4.74 Å². The van der Waals surface area contributed by atoms with E-state index in [1.165, 1.54) is 25.0 Å². The molecular formula is C15H22FNO2. The van der Waals surface area contributed by atoms with E-state index in [0.29, 0.717) is 24.4 Å². The highest BCUT2D eigenvalue weighted by Crippen LogP contribution is 2.23. The normalized spacial score (nSPS) is 25.5. The molecule has 1 fully saturated rings. The Hall–Kier alpha value is -1.13. The number of β-amino-alcohol motifs (C(OH)–C–C–N with tert-alkyl or cyclic N) is 1. The maximum absolute atomic E-state index is 12.7. The highest BCUT2D eigenvalue weighted by molar-refractivity contribution is 5.22. The van der Waals surface area contributed by atoms with Crippen LogP contribution in [0.4, 0.5) is 4.39 Å². The number of halogens is 1. The van der Waals surface area contributed by atoms with E-state index < -0.39 is 6.10 Å². The molecule has 1 aromatic carbocycles. The van der Waals surface area contributed by atoms with Gasteiger partial charge >= 0.3 is 0 Å². The van der Waals surface area contributed by atoms with Crippen LogP contribution in [0, 0.1) is 5.82 Å². The van der Waals surface area contributed by atoms with Crippen molar-refractivity contribution in [1.82, 2.24) is 4.90 Å². The van der Waals surface area contributed by atoms with Crippen molar-refractivity contribution < 1.29 is 14.2 Å². The third-order valence-corrected chi connectivity index (χ3v) is 3.81. The highest BCUT2D eigenvalue weighted by atomic mass is 19.1. The Balaban J connectivity index is 1.78. The predicted molar refractivity (Wildman–Crippen MR) is 72.8 cm³/mol. The van der Waals surface area contributed by atoms with Crippen molar-refractivity contribution in [3.8, 4) is 5.75 Å². The van der Waals surface area contributed by atoms with Crippen LogP contribution in [0.3, 0.4) is 0 Å². The summed E-state index contributed by atoms with van der Waals surface area (Å²) in [6, 6.07) is 6.90. The number of hydrogen-bond donors (Lipinski definition) is 1. The van der Waals surface area contributed by atoms with Gasteiger partial charge in [-0.1, -0.05) is 0 Å². The van der Waals surface area contributed by atoms with E-state index in [0.717, 1.165) is 0 Å². The van der Waals surface area contributed by atoms with Crippen molar-refractivity contribution in [3.63, 3.8) is 0 Å². The monoisotopic (exact) mass is 267 g/mol. The summed E-state index contributed by atoms with van der Waals surface area (Å²) < 4.78 is 18.2. The van der Waals surface area contributed by atoms with Gasteiger partial charge in [-0.15, -0.1) is 0 Å². The number of aliphatic hydroxyl groups excluding tert-OH is 1. The van der Waals surface area contributed by atoms with Gasteiger partial charge in [0.25, 0.3) is 0 Å². The molecule has 1 aliphatic rings. The van der Waals surface area contributed by atoms with Gasteiger partial charge in [0.2, 0.25) is 0 Å². The summed E-state index contributed by atoms with van der Waals surface area (Å²) in [5.74, 6) is 0.301. The first-order chi connectivity index (χ1) is 9.06. The van der Waals surface area contributed by atoms with Crippen molar-refractivity contribution in [2.45, 2.75) is 44.9 Å². The minimum Gasteiger partial charge on any atom is -0.491 e. The molecule has 3 atom stereocenters. The largest absolute Gasteiger partial charge is 0.491 e. The molecule has 1 aliphatic heterocycles. The molecule has 2 rings (SSSR count). The third kappa shape index (κ3) is 3.91. The number of nitrogens with zero attached hydrogens (tertiary/aromatic N) is 1. The van der Waals surface area contributed by atoms with E-state index in [1.54, 1.807) is 12.1 Å². The van der Waals surface area contributed by atoms with Crippen molar-refractivity contribution in [2.75, 3.05) is 13.2 Å². The lowest BCUT2D eigenvalue weighted by Crippen LogP contribution is -2.41. The van der Waals surface area contributed by atoms with E-state index in [1.807, 2.05) is 0 Å². The van der Waals surface area contributed by atoms with Gasteiger partial charge in [-0.3, -0.25) is 4.90 Å². The van der Waals surface area contributed by atoms with Crippen molar-refractivity contribution in [2.24, 2.45) is 0 Å². The maximum atomic E-state index is 12.7.